The lowest BCUT2D eigenvalue weighted by Crippen LogP contribution is -2.44. The number of carboxylic acids is 1. The predicted molar refractivity (Wildman–Crippen MR) is 128 cm³/mol. The van der Waals surface area contributed by atoms with E-state index < -0.39 is 18.2 Å². The molecule has 1 aliphatic rings. The smallest absolute Gasteiger partial charge is 0.407 e. The van der Waals surface area contributed by atoms with Gasteiger partial charge in [-0.15, -0.1) is 0 Å². The molecule has 0 radical (unpaired) electrons. The van der Waals surface area contributed by atoms with Crippen molar-refractivity contribution in [2.45, 2.75) is 38.2 Å². The molecule has 1 aliphatic carbocycles. The number of rotatable bonds is 12. The summed E-state index contributed by atoms with van der Waals surface area (Å²) < 4.78 is 10.7. The summed E-state index contributed by atoms with van der Waals surface area (Å²) in [6, 6.07) is 16.2. The number of methoxy groups -OCH3 is 1. The molecule has 2 atom stereocenters. The third kappa shape index (κ3) is 6.57. The maximum absolute atomic E-state index is 12.4. The zero-order chi connectivity index (χ0) is 24.5. The Hall–Kier alpha value is -3.39. The van der Waals surface area contributed by atoms with E-state index in [0.717, 1.165) is 22.3 Å². The Balaban J connectivity index is 1.43. The molecule has 182 valence electrons. The van der Waals surface area contributed by atoms with E-state index in [2.05, 4.69) is 34.9 Å². The normalized spacial score (nSPS) is 13.9. The number of carbonyl (C=O) groups excluding carboxylic acids is 2. The van der Waals surface area contributed by atoms with Gasteiger partial charge in [-0.3, -0.25) is 9.59 Å². The molecule has 2 unspecified atom stereocenters. The molecule has 8 nitrogen and oxygen atoms in total. The summed E-state index contributed by atoms with van der Waals surface area (Å²) in [6.07, 6.45) is -0.133. The average Bonchev–Trinajstić information content (AvgIpc) is 3.15. The number of hydrogen-bond donors (Lipinski definition) is 3. The minimum Gasteiger partial charge on any atom is -0.481 e. The molecule has 0 bridgehead atoms. The number of ether oxygens (including phenoxy) is 2. The molecule has 0 saturated heterocycles. The van der Waals surface area contributed by atoms with Crippen molar-refractivity contribution in [2.75, 3.05) is 26.8 Å². The van der Waals surface area contributed by atoms with Crippen LogP contribution in [0, 0.1) is 5.92 Å². The molecular formula is C26H32N2O6. The van der Waals surface area contributed by atoms with Gasteiger partial charge in [-0.25, -0.2) is 4.79 Å². The lowest BCUT2D eigenvalue weighted by Gasteiger charge is -2.18. The van der Waals surface area contributed by atoms with Gasteiger partial charge in [0.1, 0.15) is 6.61 Å². The summed E-state index contributed by atoms with van der Waals surface area (Å²) in [6.45, 7) is 2.53. The summed E-state index contributed by atoms with van der Waals surface area (Å²) in [5.74, 6) is -1.03. The van der Waals surface area contributed by atoms with E-state index in [1.807, 2.05) is 31.2 Å². The van der Waals surface area contributed by atoms with Gasteiger partial charge in [0.05, 0.1) is 6.54 Å². The number of nitrogens with one attached hydrogen (secondary N) is 2. The van der Waals surface area contributed by atoms with Crippen molar-refractivity contribution in [1.29, 1.82) is 0 Å². The summed E-state index contributed by atoms with van der Waals surface area (Å²) in [7, 11) is 1.40. The Bertz CT molecular complexity index is 963. The second-order valence-corrected chi connectivity index (χ2v) is 8.55. The van der Waals surface area contributed by atoms with Crippen LogP contribution in [-0.2, 0) is 19.1 Å². The van der Waals surface area contributed by atoms with Crippen LogP contribution in [0.4, 0.5) is 4.79 Å². The van der Waals surface area contributed by atoms with Gasteiger partial charge in [0.15, 0.2) is 6.10 Å². The molecule has 34 heavy (non-hydrogen) atoms. The maximum atomic E-state index is 12.4. The van der Waals surface area contributed by atoms with E-state index in [1.165, 1.54) is 7.11 Å². The Kier molecular flexibility index (Phi) is 9.04. The van der Waals surface area contributed by atoms with Gasteiger partial charge in [0, 0.05) is 26.0 Å². The van der Waals surface area contributed by atoms with Gasteiger partial charge < -0.3 is 25.2 Å². The summed E-state index contributed by atoms with van der Waals surface area (Å²) in [5.41, 5.74) is 4.56. The summed E-state index contributed by atoms with van der Waals surface area (Å²) in [5, 5.41) is 14.1. The van der Waals surface area contributed by atoms with E-state index in [-0.39, 0.29) is 37.3 Å². The SMILES string of the molecule is COC(CNC(=O)OCC1c2ccccc2-c2ccccc21)C(=O)NCCC(C)CCC(=O)O. The number of amides is 2. The fourth-order valence-corrected chi connectivity index (χ4v) is 4.18. The van der Waals surface area contributed by atoms with Crippen LogP contribution in [0.3, 0.4) is 0 Å². The van der Waals surface area contributed by atoms with Crippen LogP contribution in [0.15, 0.2) is 48.5 Å². The fourth-order valence-electron chi connectivity index (χ4n) is 4.18. The van der Waals surface area contributed by atoms with E-state index in [0.29, 0.717) is 19.4 Å². The summed E-state index contributed by atoms with van der Waals surface area (Å²) >= 11 is 0. The predicted octanol–water partition coefficient (Wildman–Crippen LogP) is 3.55. The summed E-state index contributed by atoms with van der Waals surface area (Å²) in [4.78, 5) is 35.3. The monoisotopic (exact) mass is 468 g/mol. The standard InChI is InChI=1S/C26H32N2O6/c1-17(11-12-24(29)30)13-14-27-25(31)23(33-2)15-28-26(32)34-16-22-20-9-5-3-7-18(20)19-8-4-6-10-21(19)22/h3-10,17,22-23H,11-16H2,1-2H3,(H,27,31)(H,28,32)(H,29,30). The maximum Gasteiger partial charge on any atom is 0.407 e. The van der Waals surface area contributed by atoms with Gasteiger partial charge in [0.25, 0.3) is 5.91 Å². The van der Waals surface area contributed by atoms with Crippen LogP contribution in [0.1, 0.15) is 43.2 Å². The van der Waals surface area contributed by atoms with Crippen molar-refractivity contribution in [3.8, 4) is 11.1 Å². The van der Waals surface area contributed by atoms with Crippen molar-refractivity contribution in [3.05, 3.63) is 59.7 Å². The molecule has 0 heterocycles. The number of benzene rings is 2. The highest BCUT2D eigenvalue weighted by Gasteiger charge is 2.29. The van der Waals surface area contributed by atoms with Gasteiger partial charge in [-0.05, 0) is 41.0 Å². The first-order valence-electron chi connectivity index (χ1n) is 11.5. The van der Waals surface area contributed by atoms with Crippen LogP contribution < -0.4 is 10.6 Å². The highest BCUT2D eigenvalue weighted by molar-refractivity contribution is 5.82. The zero-order valence-electron chi connectivity index (χ0n) is 19.6. The van der Waals surface area contributed by atoms with Gasteiger partial charge in [-0.1, -0.05) is 55.5 Å². The Morgan fingerprint density at radius 3 is 2.18 bits per heavy atom. The second kappa shape index (κ2) is 12.2. The minimum atomic E-state index is -0.852. The van der Waals surface area contributed by atoms with Gasteiger partial charge in [0.2, 0.25) is 0 Å². The van der Waals surface area contributed by atoms with Crippen molar-refractivity contribution < 1.29 is 29.0 Å². The van der Waals surface area contributed by atoms with Crippen LogP contribution >= 0.6 is 0 Å². The lowest BCUT2D eigenvalue weighted by molar-refractivity contribution is -0.137. The van der Waals surface area contributed by atoms with Crippen LogP contribution in [-0.4, -0.2) is 56.0 Å². The van der Waals surface area contributed by atoms with Crippen molar-refractivity contribution in [1.82, 2.24) is 10.6 Å². The Morgan fingerprint density at radius 2 is 1.59 bits per heavy atom. The Morgan fingerprint density at radius 1 is 0.971 bits per heavy atom. The molecule has 0 spiro atoms. The molecule has 2 amide bonds. The molecule has 2 aromatic rings. The first kappa shape index (κ1) is 25.2. The van der Waals surface area contributed by atoms with Crippen molar-refractivity contribution in [3.63, 3.8) is 0 Å². The van der Waals surface area contributed by atoms with Crippen LogP contribution in [0.2, 0.25) is 0 Å². The third-order valence-corrected chi connectivity index (χ3v) is 6.14. The van der Waals surface area contributed by atoms with Crippen molar-refractivity contribution in [2.24, 2.45) is 5.92 Å². The molecule has 0 fully saturated rings. The number of carbonyl (C=O) groups is 3. The highest BCUT2D eigenvalue weighted by atomic mass is 16.5. The molecule has 8 heteroatoms. The van der Waals surface area contributed by atoms with Crippen molar-refractivity contribution >= 4 is 18.0 Å². The third-order valence-electron chi connectivity index (χ3n) is 6.14. The molecule has 0 saturated carbocycles. The number of alkyl carbamates (subject to hydrolysis) is 1. The first-order chi connectivity index (χ1) is 16.4. The fraction of sp³-hybridized carbons (Fsp3) is 0.423. The minimum absolute atomic E-state index is 0.0203. The molecule has 3 N–H and O–H groups in total. The molecule has 2 aromatic carbocycles. The van der Waals surface area contributed by atoms with Gasteiger partial charge >= 0.3 is 12.1 Å². The topological polar surface area (TPSA) is 114 Å². The van der Waals surface area contributed by atoms with E-state index in [1.54, 1.807) is 0 Å². The number of carboxylic acid groups (broad SMARTS) is 1. The average molecular weight is 469 g/mol. The molecular weight excluding hydrogens is 436 g/mol. The lowest BCUT2D eigenvalue weighted by atomic mass is 9.98. The van der Waals surface area contributed by atoms with Gasteiger partial charge in [-0.2, -0.15) is 0 Å². The largest absolute Gasteiger partial charge is 0.481 e. The number of aliphatic carboxylic acids is 1. The van der Waals surface area contributed by atoms with E-state index >= 15 is 0 Å². The highest BCUT2D eigenvalue weighted by Crippen LogP contribution is 2.44. The zero-order valence-corrected chi connectivity index (χ0v) is 19.6. The Labute approximate surface area is 199 Å². The van der Waals surface area contributed by atoms with E-state index in [4.69, 9.17) is 14.6 Å². The second-order valence-electron chi connectivity index (χ2n) is 8.55. The quantitative estimate of drug-likeness (QED) is 0.439. The number of fused-ring (bicyclic) bond motifs is 3. The molecule has 3 rings (SSSR count). The first-order valence-corrected chi connectivity index (χ1v) is 11.5. The molecule has 0 aromatic heterocycles. The molecule has 0 aliphatic heterocycles. The number of hydrogen-bond acceptors (Lipinski definition) is 5. The van der Waals surface area contributed by atoms with E-state index in [9.17, 15) is 14.4 Å². The van der Waals surface area contributed by atoms with Crippen LogP contribution in [0.5, 0.6) is 0 Å². The van der Waals surface area contributed by atoms with Crippen LogP contribution in [0.25, 0.3) is 11.1 Å².